The summed E-state index contributed by atoms with van der Waals surface area (Å²) in [6.45, 7) is 4.15. The molecule has 0 aromatic heterocycles. The second-order valence-electron chi connectivity index (χ2n) is 7.76. The summed E-state index contributed by atoms with van der Waals surface area (Å²) in [4.78, 5) is 38.0. The first kappa shape index (κ1) is 24.1. The van der Waals surface area contributed by atoms with Gasteiger partial charge in [-0.3, -0.25) is 9.59 Å². The van der Waals surface area contributed by atoms with Crippen molar-refractivity contribution >= 4 is 18.0 Å². The van der Waals surface area contributed by atoms with Crippen LogP contribution in [0.3, 0.4) is 0 Å². The van der Waals surface area contributed by atoms with E-state index in [1.54, 1.807) is 31.2 Å². The summed E-state index contributed by atoms with van der Waals surface area (Å²) in [5.41, 5.74) is 0.538. The number of ether oxygens (including phenoxy) is 3. The quantitative estimate of drug-likeness (QED) is 0.459. The highest BCUT2D eigenvalue weighted by Crippen LogP contribution is 2.20. The van der Waals surface area contributed by atoms with Crippen molar-refractivity contribution < 1.29 is 28.6 Å². The van der Waals surface area contributed by atoms with Crippen LogP contribution in [-0.4, -0.2) is 55.7 Å². The van der Waals surface area contributed by atoms with Crippen LogP contribution in [0.2, 0.25) is 0 Å². The van der Waals surface area contributed by atoms with E-state index in [1.165, 1.54) is 0 Å². The highest BCUT2D eigenvalue weighted by atomic mass is 16.7. The Morgan fingerprint density at radius 2 is 1.67 bits per heavy atom. The predicted octanol–water partition coefficient (Wildman–Crippen LogP) is 3.66. The van der Waals surface area contributed by atoms with Gasteiger partial charge in [-0.25, -0.2) is 4.79 Å². The van der Waals surface area contributed by atoms with Crippen molar-refractivity contribution in [1.29, 1.82) is 0 Å². The number of likely N-dealkylation sites (tertiary alicyclic amines) is 1. The van der Waals surface area contributed by atoms with Gasteiger partial charge in [0.05, 0.1) is 19.6 Å². The number of nitrogens with one attached hydrogen (secondary N) is 1. The third kappa shape index (κ3) is 7.82. The van der Waals surface area contributed by atoms with Crippen molar-refractivity contribution in [3.05, 3.63) is 60.2 Å². The molecule has 1 aliphatic heterocycles. The van der Waals surface area contributed by atoms with Crippen molar-refractivity contribution in [2.45, 2.75) is 26.2 Å². The fourth-order valence-corrected chi connectivity index (χ4v) is 3.56. The lowest BCUT2D eigenvalue weighted by Gasteiger charge is -2.32. The average Bonchev–Trinajstić information content (AvgIpc) is 2.84. The Hall–Kier alpha value is -3.55. The minimum Gasteiger partial charge on any atom is -0.493 e. The van der Waals surface area contributed by atoms with Crippen molar-refractivity contribution in [1.82, 2.24) is 10.2 Å². The maximum absolute atomic E-state index is 12.8. The lowest BCUT2D eigenvalue weighted by atomic mass is 9.96. The van der Waals surface area contributed by atoms with Gasteiger partial charge in [-0.05, 0) is 62.1 Å². The fourth-order valence-electron chi connectivity index (χ4n) is 3.56. The van der Waals surface area contributed by atoms with Crippen LogP contribution in [0.15, 0.2) is 54.6 Å². The van der Waals surface area contributed by atoms with E-state index in [0.717, 1.165) is 18.6 Å². The monoisotopic (exact) mass is 454 g/mol. The second-order valence-corrected chi connectivity index (χ2v) is 7.76. The van der Waals surface area contributed by atoms with Crippen LogP contribution in [0.1, 0.15) is 36.5 Å². The first-order valence-corrected chi connectivity index (χ1v) is 11.2. The number of carbonyl (C=O) groups excluding carboxylic acids is 3. The van der Waals surface area contributed by atoms with Gasteiger partial charge in [0.15, 0.2) is 0 Å². The summed E-state index contributed by atoms with van der Waals surface area (Å²) < 4.78 is 15.3. The van der Waals surface area contributed by atoms with Crippen molar-refractivity contribution in [2.75, 3.05) is 32.8 Å². The van der Waals surface area contributed by atoms with E-state index in [2.05, 4.69) is 5.32 Å². The topological polar surface area (TPSA) is 94.2 Å². The first-order chi connectivity index (χ1) is 16.0. The largest absolute Gasteiger partial charge is 0.513 e. The van der Waals surface area contributed by atoms with Crippen LogP contribution in [0.5, 0.6) is 11.5 Å². The van der Waals surface area contributed by atoms with Gasteiger partial charge in [0.25, 0.3) is 5.91 Å². The van der Waals surface area contributed by atoms with Gasteiger partial charge >= 0.3 is 6.16 Å². The molecule has 0 saturated carbocycles. The molecule has 1 N–H and O–H groups in total. The number of piperidine rings is 1. The normalized spacial score (nSPS) is 13.8. The van der Waals surface area contributed by atoms with E-state index in [4.69, 9.17) is 14.2 Å². The molecule has 2 aromatic carbocycles. The van der Waals surface area contributed by atoms with E-state index in [0.29, 0.717) is 49.9 Å². The van der Waals surface area contributed by atoms with Crippen LogP contribution in [0, 0.1) is 5.92 Å². The molecule has 8 heteroatoms. The Bertz CT molecular complexity index is 908. The zero-order valence-corrected chi connectivity index (χ0v) is 18.8. The molecule has 0 atom stereocenters. The molecule has 0 unspecified atom stereocenters. The van der Waals surface area contributed by atoms with Gasteiger partial charge in [-0.1, -0.05) is 18.2 Å². The molecule has 1 saturated heterocycles. The maximum Gasteiger partial charge on any atom is 0.513 e. The molecule has 176 valence electrons. The molecule has 1 heterocycles. The van der Waals surface area contributed by atoms with Crippen LogP contribution < -0.4 is 14.8 Å². The number of benzene rings is 2. The number of amides is 2. The molecule has 2 aromatic rings. The Labute approximate surface area is 193 Å². The molecule has 33 heavy (non-hydrogen) atoms. The summed E-state index contributed by atoms with van der Waals surface area (Å²) >= 11 is 0. The van der Waals surface area contributed by atoms with E-state index in [9.17, 15) is 14.4 Å². The zero-order chi connectivity index (χ0) is 23.5. The number of carbonyl (C=O) groups is 3. The van der Waals surface area contributed by atoms with Gasteiger partial charge in [-0.2, -0.15) is 0 Å². The third-order valence-corrected chi connectivity index (χ3v) is 5.40. The number of hydrogen-bond acceptors (Lipinski definition) is 6. The minimum absolute atomic E-state index is 0.0328. The lowest BCUT2D eigenvalue weighted by Crippen LogP contribution is -2.41. The van der Waals surface area contributed by atoms with Crippen LogP contribution in [0.25, 0.3) is 0 Å². The summed E-state index contributed by atoms with van der Waals surface area (Å²) in [5, 5.41) is 2.97. The zero-order valence-electron chi connectivity index (χ0n) is 18.8. The van der Waals surface area contributed by atoms with Gasteiger partial charge < -0.3 is 24.4 Å². The van der Waals surface area contributed by atoms with Crippen LogP contribution >= 0.6 is 0 Å². The highest BCUT2D eigenvalue weighted by molar-refractivity contribution is 5.94. The maximum atomic E-state index is 12.8. The minimum atomic E-state index is -0.769. The second kappa shape index (κ2) is 12.5. The molecular weight excluding hydrogens is 424 g/mol. The summed E-state index contributed by atoms with van der Waals surface area (Å²) in [6.07, 6.45) is 1.20. The molecule has 0 aliphatic carbocycles. The summed E-state index contributed by atoms with van der Waals surface area (Å²) in [7, 11) is 0. The predicted molar refractivity (Wildman–Crippen MR) is 122 cm³/mol. The van der Waals surface area contributed by atoms with Crippen LogP contribution in [-0.2, 0) is 9.53 Å². The Balaban J connectivity index is 1.34. The molecule has 2 amide bonds. The molecule has 0 spiro atoms. The fraction of sp³-hybridized carbons (Fsp3) is 0.400. The van der Waals surface area contributed by atoms with Crippen molar-refractivity contribution in [3.8, 4) is 11.5 Å². The summed E-state index contributed by atoms with van der Waals surface area (Å²) in [6, 6.07) is 15.8. The number of nitrogens with zero attached hydrogens (tertiary/aromatic N) is 1. The van der Waals surface area contributed by atoms with E-state index in [-0.39, 0.29) is 18.4 Å². The standard InChI is InChI=1S/C25H30N2O6/c1-2-31-25(30)33-22-10-8-20(9-11-22)24(29)27-15-12-19(13-16-27)18-26-23(28)14-17-32-21-6-4-3-5-7-21/h3-11,19H,2,12-18H2,1H3,(H,26,28). The van der Waals surface area contributed by atoms with E-state index < -0.39 is 6.16 Å². The van der Waals surface area contributed by atoms with E-state index in [1.807, 2.05) is 35.2 Å². The molecular formula is C25H30N2O6. The Morgan fingerprint density at radius 1 is 0.970 bits per heavy atom. The van der Waals surface area contributed by atoms with Gasteiger partial charge in [0.2, 0.25) is 5.91 Å². The lowest BCUT2D eigenvalue weighted by molar-refractivity contribution is -0.121. The van der Waals surface area contributed by atoms with Gasteiger partial charge in [-0.15, -0.1) is 0 Å². The van der Waals surface area contributed by atoms with Gasteiger partial charge in [0, 0.05) is 25.2 Å². The average molecular weight is 455 g/mol. The number of para-hydroxylation sites is 1. The highest BCUT2D eigenvalue weighted by Gasteiger charge is 2.24. The Kier molecular flexibility index (Phi) is 9.11. The SMILES string of the molecule is CCOC(=O)Oc1ccc(C(=O)N2CCC(CNC(=O)CCOc3ccccc3)CC2)cc1. The molecule has 0 bridgehead atoms. The molecule has 0 radical (unpaired) electrons. The van der Waals surface area contributed by atoms with Crippen molar-refractivity contribution in [2.24, 2.45) is 5.92 Å². The van der Waals surface area contributed by atoms with Gasteiger partial charge in [0.1, 0.15) is 11.5 Å². The molecule has 8 nitrogen and oxygen atoms in total. The van der Waals surface area contributed by atoms with Crippen LogP contribution in [0.4, 0.5) is 4.79 Å². The Morgan fingerprint density at radius 3 is 2.33 bits per heavy atom. The molecule has 1 aliphatic rings. The first-order valence-electron chi connectivity index (χ1n) is 11.2. The third-order valence-electron chi connectivity index (χ3n) is 5.40. The van der Waals surface area contributed by atoms with Crippen molar-refractivity contribution in [3.63, 3.8) is 0 Å². The van der Waals surface area contributed by atoms with E-state index >= 15 is 0 Å². The molecule has 3 rings (SSSR count). The molecule has 1 fully saturated rings. The number of hydrogen-bond donors (Lipinski definition) is 1. The smallest absolute Gasteiger partial charge is 0.493 e. The number of rotatable bonds is 9. The summed E-state index contributed by atoms with van der Waals surface area (Å²) in [5.74, 6) is 1.33.